The van der Waals surface area contributed by atoms with E-state index in [0.717, 1.165) is 64.2 Å². The maximum absolute atomic E-state index is 13.1. The number of carbonyl (C=O) groups excluding carboxylic acids is 1. The molecule has 7 unspecified atom stereocenters. The number of amides is 1. The van der Waals surface area contributed by atoms with E-state index >= 15 is 0 Å². The Labute approximate surface area is 410 Å². The lowest BCUT2D eigenvalue weighted by Crippen LogP contribution is -2.61. The molecule has 13 heteroatoms. The van der Waals surface area contributed by atoms with Crippen molar-refractivity contribution in [3.05, 3.63) is 12.2 Å². The third-order valence-electron chi connectivity index (χ3n) is 13.6. The average Bonchev–Trinajstić information content (AvgIpc) is 3.30. The van der Waals surface area contributed by atoms with Crippen molar-refractivity contribution in [1.82, 2.24) is 5.32 Å². The maximum atomic E-state index is 13.1. The summed E-state index contributed by atoms with van der Waals surface area (Å²) >= 11 is 0. The van der Waals surface area contributed by atoms with E-state index in [2.05, 4.69) is 35.5 Å². The zero-order valence-corrected chi connectivity index (χ0v) is 43.8. The van der Waals surface area contributed by atoms with Crippen molar-refractivity contribution < 1.29 is 51.8 Å². The van der Waals surface area contributed by atoms with Crippen molar-refractivity contribution in [2.24, 2.45) is 0 Å². The van der Waals surface area contributed by atoms with Crippen LogP contribution in [0.25, 0.3) is 0 Å². The van der Waals surface area contributed by atoms with Crippen molar-refractivity contribution in [3.63, 3.8) is 0 Å². The van der Waals surface area contributed by atoms with Crippen LogP contribution in [0, 0.1) is 0 Å². The predicted octanol–water partition coefficient (Wildman–Crippen LogP) is 12.7. The van der Waals surface area contributed by atoms with Gasteiger partial charge in [-0.15, -0.1) is 0 Å². The Morgan fingerprint density at radius 3 is 1.34 bits per heavy atom. The van der Waals surface area contributed by atoms with Crippen molar-refractivity contribution >= 4 is 16.3 Å². The van der Waals surface area contributed by atoms with Crippen molar-refractivity contribution in [2.45, 2.75) is 314 Å². The minimum Gasteiger partial charge on any atom is -0.394 e. The third kappa shape index (κ3) is 37.3. The molecule has 0 aromatic carbocycles. The molecule has 0 spiro atoms. The second-order valence-corrected chi connectivity index (χ2v) is 20.9. The largest absolute Gasteiger partial charge is 0.397 e. The van der Waals surface area contributed by atoms with Gasteiger partial charge in [-0.25, -0.2) is 4.18 Å². The molecule has 1 rings (SSSR count). The van der Waals surface area contributed by atoms with E-state index < -0.39 is 59.9 Å². The van der Waals surface area contributed by atoms with E-state index in [-0.39, 0.29) is 18.9 Å². The second-order valence-electron chi connectivity index (χ2n) is 19.9. The van der Waals surface area contributed by atoms with Crippen LogP contribution in [0.3, 0.4) is 0 Å². The number of aliphatic hydroxyl groups excluding tert-OH is 4. The highest BCUT2D eigenvalue weighted by Crippen LogP contribution is 2.26. The van der Waals surface area contributed by atoms with Gasteiger partial charge >= 0.3 is 10.4 Å². The topological polar surface area (TPSA) is 192 Å². The van der Waals surface area contributed by atoms with Gasteiger partial charge in [-0.1, -0.05) is 238 Å². The fourth-order valence-corrected chi connectivity index (χ4v) is 9.73. The lowest BCUT2D eigenvalue weighted by Gasteiger charge is -2.41. The summed E-state index contributed by atoms with van der Waals surface area (Å²) in [5.74, 6) is -0.234. The van der Waals surface area contributed by atoms with E-state index in [4.69, 9.17) is 9.47 Å². The van der Waals surface area contributed by atoms with Crippen LogP contribution in [0.5, 0.6) is 0 Å². The van der Waals surface area contributed by atoms with Gasteiger partial charge in [0.2, 0.25) is 5.91 Å². The molecule has 1 amide bonds. The van der Waals surface area contributed by atoms with Gasteiger partial charge in [0.25, 0.3) is 0 Å². The number of ether oxygens (including phenoxy) is 2. The molecule has 0 bridgehead atoms. The molecular formula is C54H105NO11S. The average molecular weight is 976 g/mol. The summed E-state index contributed by atoms with van der Waals surface area (Å²) in [5.41, 5.74) is 0. The summed E-state index contributed by atoms with van der Waals surface area (Å²) in [5, 5.41) is 45.1. The summed E-state index contributed by atoms with van der Waals surface area (Å²) in [6.07, 6.45) is 43.6. The lowest BCUT2D eigenvalue weighted by molar-refractivity contribution is -0.298. The van der Waals surface area contributed by atoms with E-state index in [0.29, 0.717) is 12.8 Å². The number of nitrogens with one attached hydrogen (secondary N) is 1. The SMILES string of the molecule is CCCCCCCCC/C=C\CCCCCCCC(=O)NC(COC1OC(CO)C(O)C(OS(=O)(=O)O)C1O)C(O)CCCCCCCCCCCCCCCCCCCCCCCCCC. The van der Waals surface area contributed by atoms with Crippen LogP contribution >= 0.6 is 0 Å². The third-order valence-corrected chi connectivity index (χ3v) is 14.0. The number of rotatable bonds is 49. The summed E-state index contributed by atoms with van der Waals surface area (Å²) in [6.45, 7) is 3.48. The van der Waals surface area contributed by atoms with E-state index in [1.54, 1.807) is 0 Å². The van der Waals surface area contributed by atoms with Crippen molar-refractivity contribution in [3.8, 4) is 0 Å². The second kappa shape index (κ2) is 44.8. The first-order valence-corrected chi connectivity index (χ1v) is 29.4. The molecule has 7 atom stereocenters. The Balaban J connectivity index is 2.36. The molecule has 0 aromatic heterocycles. The molecule has 1 aliphatic heterocycles. The van der Waals surface area contributed by atoms with Gasteiger partial charge in [-0.05, 0) is 38.5 Å². The molecule has 1 saturated heterocycles. The van der Waals surface area contributed by atoms with Crippen molar-refractivity contribution in [2.75, 3.05) is 13.2 Å². The van der Waals surface area contributed by atoms with E-state index in [1.165, 1.54) is 173 Å². The molecule has 6 N–H and O–H groups in total. The number of hydrogen-bond donors (Lipinski definition) is 6. The molecular weight excluding hydrogens is 871 g/mol. The van der Waals surface area contributed by atoms with Crippen LogP contribution in [0.1, 0.15) is 271 Å². The normalized spacial score (nSPS) is 19.9. The number of aliphatic hydroxyl groups is 4. The zero-order chi connectivity index (χ0) is 49.1. The van der Waals surface area contributed by atoms with Crippen molar-refractivity contribution in [1.29, 1.82) is 0 Å². The van der Waals surface area contributed by atoms with Gasteiger partial charge in [0.05, 0.1) is 25.4 Å². The molecule has 0 saturated carbocycles. The molecule has 0 aromatic rings. The Kier molecular flexibility index (Phi) is 42.7. The lowest BCUT2D eigenvalue weighted by atomic mass is 9.99. The molecule has 398 valence electrons. The first kappa shape index (κ1) is 63.9. The van der Waals surface area contributed by atoms with Crippen LogP contribution in [-0.4, -0.2) is 95.4 Å². The summed E-state index contributed by atoms with van der Waals surface area (Å²) in [7, 11) is -5.08. The minimum absolute atomic E-state index is 0.234. The first-order valence-electron chi connectivity index (χ1n) is 28.1. The minimum atomic E-state index is -5.08. The van der Waals surface area contributed by atoms with E-state index in [1.807, 2.05) is 0 Å². The Bertz CT molecular complexity index is 1240. The molecule has 1 fully saturated rings. The highest BCUT2D eigenvalue weighted by Gasteiger charge is 2.48. The monoisotopic (exact) mass is 976 g/mol. The standard InChI is InChI=1S/C54H105NO11S/c1-3-5-7-9-11-13-15-17-19-21-22-23-24-25-26-27-28-29-31-33-35-37-39-41-43-48(57)47(46-64-54-52(60)53(66-67(61,62)63)51(59)49(45-56)65-54)55-50(58)44-42-40-38-36-34-32-30-20-18-16-14-12-10-8-6-4-2/h20,30,47-49,51-54,56-57,59-60H,3-19,21-29,31-46H2,1-2H3,(H,55,58)(H,61,62,63)/b30-20-. The van der Waals surface area contributed by atoms with Crippen LogP contribution in [0.4, 0.5) is 0 Å². The van der Waals surface area contributed by atoms with Gasteiger partial charge in [-0.3, -0.25) is 9.35 Å². The Morgan fingerprint density at radius 2 is 0.955 bits per heavy atom. The number of unbranched alkanes of at least 4 members (excludes halogenated alkanes) is 35. The Morgan fingerprint density at radius 1 is 0.582 bits per heavy atom. The molecule has 12 nitrogen and oxygen atoms in total. The molecule has 67 heavy (non-hydrogen) atoms. The Hall–Kier alpha value is -1.16. The smallest absolute Gasteiger partial charge is 0.394 e. The highest BCUT2D eigenvalue weighted by molar-refractivity contribution is 7.80. The van der Waals surface area contributed by atoms with Gasteiger partial charge in [-0.2, -0.15) is 8.42 Å². The maximum Gasteiger partial charge on any atom is 0.397 e. The summed E-state index contributed by atoms with van der Waals surface area (Å²) in [4.78, 5) is 13.1. The fourth-order valence-electron chi connectivity index (χ4n) is 9.22. The van der Waals surface area contributed by atoms with Crippen LogP contribution < -0.4 is 5.32 Å². The number of carbonyl (C=O) groups is 1. The highest BCUT2D eigenvalue weighted by atomic mass is 32.3. The van der Waals surface area contributed by atoms with Gasteiger partial charge in [0.15, 0.2) is 6.29 Å². The van der Waals surface area contributed by atoms with Gasteiger partial charge in [0, 0.05) is 6.42 Å². The summed E-state index contributed by atoms with van der Waals surface area (Å²) < 4.78 is 47.9. The molecule has 1 aliphatic rings. The quantitative estimate of drug-likeness (QED) is 0.0193. The van der Waals surface area contributed by atoms with Gasteiger partial charge in [0.1, 0.15) is 24.4 Å². The van der Waals surface area contributed by atoms with E-state index in [9.17, 15) is 38.2 Å². The first-order chi connectivity index (χ1) is 32.5. The summed E-state index contributed by atoms with van der Waals surface area (Å²) in [6, 6.07) is -0.860. The predicted molar refractivity (Wildman–Crippen MR) is 273 cm³/mol. The van der Waals surface area contributed by atoms with Crippen LogP contribution in [-0.2, 0) is 28.9 Å². The number of hydrogen-bond acceptors (Lipinski definition) is 10. The molecule has 1 heterocycles. The number of allylic oxidation sites excluding steroid dienone is 2. The van der Waals surface area contributed by atoms with Crippen LogP contribution in [0.2, 0.25) is 0 Å². The fraction of sp³-hybridized carbons (Fsp3) is 0.944. The molecule has 0 radical (unpaired) electrons. The molecule has 0 aliphatic carbocycles. The zero-order valence-electron chi connectivity index (χ0n) is 43.0. The van der Waals surface area contributed by atoms with Gasteiger partial charge < -0.3 is 35.2 Å². The van der Waals surface area contributed by atoms with Crippen LogP contribution in [0.15, 0.2) is 12.2 Å².